The molecule has 1 fully saturated rings. The van der Waals surface area contributed by atoms with Gasteiger partial charge in [0, 0.05) is 54.2 Å². The number of fused-ring (bicyclic) bond motifs is 2. The number of ether oxygens (including phenoxy) is 2. The highest BCUT2D eigenvalue weighted by Gasteiger charge is 2.18. The first kappa shape index (κ1) is 43.1. The molecule has 322 valence electrons. The predicted octanol–water partition coefficient (Wildman–Crippen LogP) is 9.44. The second-order valence-corrected chi connectivity index (χ2v) is 17.5. The van der Waals surface area contributed by atoms with Crippen molar-refractivity contribution in [2.24, 2.45) is 0 Å². The van der Waals surface area contributed by atoms with Crippen molar-refractivity contribution in [2.45, 2.75) is 13.2 Å². The number of hydrogen-bond donors (Lipinski definition) is 2. The van der Waals surface area contributed by atoms with Crippen LogP contribution in [0.1, 0.15) is 11.3 Å². The molecule has 15 heteroatoms. The first-order valence-corrected chi connectivity index (χ1v) is 22.6. The highest BCUT2D eigenvalue weighted by molar-refractivity contribution is 7.90. The van der Waals surface area contributed by atoms with Gasteiger partial charge < -0.3 is 33.8 Å². The molecule has 63 heavy (non-hydrogen) atoms. The van der Waals surface area contributed by atoms with Crippen LogP contribution in [0.3, 0.4) is 0 Å². The van der Waals surface area contributed by atoms with Gasteiger partial charge in [-0.1, -0.05) is 66.2 Å². The van der Waals surface area contributed by atoms with Crippen LogP contribution < -0.4 is 25.7 Å². The van der Waals surface area contributed by atoms with Gasteiger partial charge in [0.05, 0.1) is 41.4 Å². The number of benzene rings is 5. The van der Waals surface area contributed by atoms with Gasteiger partial charge in [-0.2, -0.15) is 0 Å². The van der Waals surface area contributed by atoms with E-state index in [4.69, 9.17) is 29.9 Å². The largest absolute Gasteiger partial charge is 0.487 e. The van der Waals surface area contributed by atoms with E-state index in [1.165, 1.54) is 24.7 Å². The Morgan fingerprint density at radius 3 is 2.44 bits per heavy atom. The maximum atomic E-state index is 13.4. The second kappa shape index (κ2) is 19.6. The number of sulfone groups is 1. The summed E-state index contributed by atoms with van der Waals surface area (Å²) in [5.74, 6) is 2.79. The second-order valence-electron chi connectivity index (χ2n) is 14.8. The predicted molar refractivity (Wildman–Crippen MR) is 245 cm³/mol. The van der Waals surface area contributed by atoms with Gasteiger partial charge in [0.2, 0.25) is 0 Å². The lowest BCUT2D eigenvalue weighted by Crippen LogP contribution is -2.36. The van der Waals surface area contributed by atoms with Crippen LogP contribution >= 0.6 is 11.6 Å². The number of hydrogen-bond acceptors (Lipinski definition) is 12. The Bertz CT molecular complexity index is 3030. The fraction of sp³-hybridized carbons (Fsp3) is 0.188. The van der Waals surface area contributed by atoms with E-state index >= 15 is 0 Å². The van der Waals surface area contributed by atoms with Crippen LogP contribution in [-0.4, -0.2) is 63.2 Å². The molecule has 0 saturated carbocycles. The molecule has 8 aromatic rings. The lowest BCUT2D eigenvalue weighted by molar-refractivity contribution is 0.121. The number of aromatic nitrogens is 2. The van der Waals surface area contributed by atoms with Gasteiger partial charge >= 0.3 is 0 Å². The quantitative estimate of drug-likeness (QED) is 0.106. The van der Waals surface area contributed by atoms with Crippen molar-refractivity contribution >= 4 is 60.7 Å². The number of nitrogens with one attached hydrogen (secondary N) is 2. The van der Waals surface area contributed by atoms with Crippen molar-refractivity contribution in [3.8, 4) is 28.2 Å². The first-order valence-electron chi connectivity index (χ1n) is 20.2. The summed E-state index contributed by atoms with van der Waals surface area (Å²) in [4.78, 5) is 23.4. The topological polar surface area (TPSA) is 149 Å². The van der Waals surface area contributed by atoms with E-state index in [0.717, 1.165) is 40.7 Å². The molecule has 0 atom stereocenters. The van der Waals surface area contributed by atoms with Gasteiger partial charge in [-0.15, -0.1) is 0 Å². The van der Waals surface area contributed by atoms with Crippen molar-refractivity contribution < 1.29 is 31.1 Å². The van der Waals surface area contributed by atoms with E-state index in [1.54, 1.807) is 30.3 Å². The standard InChI is InChI=1S/C29H26ClFN4O4S.C19H17NO3/c1-40(36,37)12-11-32-16-23-7-10-27(39-23)20-5-8-26-24(14-20)29(34-18-33-26)35-22-6-9-28(25(30)15-22)38-17-19-3-2-4-21(31)13-19;21-17-13-18(20-9-11-22-12-10-20)23-19-15(7-4-8-16(17)19)14-5-2-1-3-6-14/h2-10,13-15,18,32H,11-12,16-17H2,1H3,(H,33,34,35);1-8,13H,9-12H2. The van der Waals surface area contributed by atoms with Gasteiger partial charge in [0.1, 0.15) is 57.3 Å². The summed E-state index contributed by atoms with van der Waals surface area (Å²) in [7, 11) is -3.02. The Morgan fingerprint density at radius 1 is 0.825 bits per heavy atom. The molecular formula is C48H43ClFN5O7S. The Morgan fingerprint density at radius 2 is 1.65 bits per heavy atom. The van der Waals surface area contributed by atoms with E-state index in [1.807, 2.05) is 84.9 Å². The van der Waals surface area contributed by atoms with Crippen LogP contribution in [0, 0.1) is 5.82 Å². The molecule has 0 aliphatic carbocycles. The molecule has 1 saturated heterocycles. The molecule has 12 nitrogen and oxygen atoms in total. The van der Waals surface area contributed by atoms with Crippen LogP contribution in [0.2, 0.25) is 5.02 Å². The molecule has 1 aliphatic heterocycles. The van der Waals surface area contributed by atoms with Gasteiger partial charge in [-0.3, -0.25) is 4.79 Å². The summed E-state index contributed by atoms with van der Waals surface area (Å²) in [6, 6.07) is 38.3. The summed E-state index contributed by atoms with van der Waals surface area (Å²) in [5, 5.41) is 8.17. The Labute approximate surface area is 368 Å². The normalized spacial score (nSPS) is 12.8. The summed E-state index contributed by atoms with van der Waals surface area (Å²) >= 11 is 6.47. The van der Waals surface area contributed by atoms with Crippen LogP contribution in [0.5, 0.6) is 5.75 Å². The third kappa shape index (κ3) is 11.1. The molecule has 0 amide bonds. The van der Waals surface area contributed by atoms with Crippen molar-refractivity contribution in [2.75, 3.05) is 55.1 Å². The molecule has 2 N–H and O–H groups in total. The minimum Gasteiger partial charge on any atom is -0.487 e. The number of furan rings is 1. The highest BCUT2D eigenvalue weighted by Crippen LogP contribution is 2.34. The van der Waals surface area contributed by atoms with Gasteiger partial charge in [0.25, 0.3) is 0 Å². The molecule has 4 heterocycles. The summed E-state index contributed by atoms with van der Waals surface area (Å²) in [6.45, 7) is 3.74. The average molecular weight is 888 g/mol. The summed E-state index contributed by atoms with van der Waals surface area (Å²) < 4.78 is 59.3. The molecule has 3 aromatic heterocycles. The van der Waals surface area contributed by atoms with Crippen LogP contribution in [0.15, 0.2) is 147 Å². The molecular weight excluding hydrogens is 845 g/mol. The van der Waals surface area contributed by atoms with Crippen LogP contribution in [0.25, 0.3) is 44.3 Å². The monoisotopic (exact) mass is 887 g/mol. The van der Waals surface area contributed by atoms with Crippen LogP contribution in [0.4, 0.5) is 21.8 Å². The zero-order valence-electron chi connectivity index (χ0n) is 34.2. The zero-order chi connectivity index (χ0) is 43.8. The van der Waals surface area contributed by atoms with Crippen molar-refractivity contribution in [1.82, 2.24) is 15.3 Å². The van der Waals surface area contributed by atoms with Crippen LogP contribution in [-0.2, 0) is 27.7 Å². The smallest absolute Gasteiger partial charge is 0.200 e. The zero-order valence-corrected chi connectivity index (χ0v) is 35.8. The average Bonchev–Trinajstić information content (AvgIpc) is 3.77. The molecule has 9 rings (SSSR count). The van der Waals surface area contributed by atoms with E-state index in [2.05, 4.69) is 25.5 Å². The number of para-hydroxylation sites is 1. The fourth-order valence-corrected chi connectivity index (χ4v) is 7.73. The minimum absolute atomic E-state index is 0.00878. The van der Waals surface area contributed by atoms with Gasteiger partial charge in [0.15, 0.2) is 11.3 Å². The lowest BCUT2D eigenvalue weighted by atomic mass is 10.0. The lowest BCUT2D eigenvalue weighted by Gasteiger charge is -2.27. The Balaban J connectivity index is 0.000000199. The van der Waals surface area contributed by atoms with Gasteiger partial charge in [-0.05, 0) is 77.9 Å². The third-order valence-corrected chi connectivity index (χ3v) is 11.4. The summed E-state index contributed by atoms with van der Waals surface area (Å²) in [6.07, 6.45) is 2.69. The van der Waals surface area contributed by atoms with E-state index < -0.39 is 9.84 Å². The number of anilines is 3. The summed E-state index contributed by atoms with van der Waals surface area (Å²) in [5.41, 5.74) is 5.61. The van der Waals surface area contributed by atoms with E-state index in [-0.39, 0.29) is 23.6 Å². The van der Waals surface area contributed by atoms with Gasteiger partial charge in [-0.25, -0.2) is 22.8 Å². The number of morpholine rings is 1. The SMILES string of the molecule is CS(=O)(=O)CCNCc1ccc(-c2ccc3ncnc(Nc4ccc(OCc5cccc(F)c5)c(Cl)c4)c3c2)o1.O=c1cc(N2CCOCC2)oc2c(-c3ccccc3)cccc12. The molecule has 0 radical (unpaired) electrons. The Kier molecular flexibility index (Phi) is 13.4. The molecule has 0 bridgehead atoms. The molecule has 0 unspecified atom stereocenters. The highest BCUT2D eigenvalue weighted by atomic mass is 35.5. The minimum atomic E-state index is -3.02. The maximum absolute atomic E-state index is 13.4. The van der Waals surface area contributed by atoms with E-state index in [0.29, 0.717) is 82.5 Å². The van der Waals surface area contributed by atoms with E-state index in [9.17, 15) is 17.6 Å². The molecule has 5 aromatic carbocycles. The number of rotatable bonds is 13. The first-order chi connectivity index (χ1) is 30.6. The fourth-order valence-electron chi connectivity index (χ4n) is 6.98. The molecule has 1 aliphatic rings. The van der Waals surface area contributed by atoms with Crippen molar-refractivity contribution in [3.63, 3.8) is 0 Å². The maximum Gasteiger partial charge on any atom is 0.200 e. The number of halogens is 2. The molecule has 0 spiro atoms. The van der Waals surface area contributed by atoms with Crippen molar-refractivity contribution in [3.05, 3.63) is 166 Å². The van der Waals surface area contributed by atoms with Crippen molar-refractivity contribution in [1.29, 1.82) is 0 Å². The third-order valence-electron chi connectivity index (χ3n) is 10.2. The Hall–Kier alpha value is -6.58. The number of nitrogens with zero attached hydrogens (tertiary/aromatic N) is 3.